The van der Waals surface area contributed by atoms with Crippen molar-refractivity contribution in [2.45, 2.75) is 0 Å². The van der Waals surface area contributed by atoms with Gasteiger partial charge in [0.1, 0.15) is 6.61 Å². The topological polar surface area (TPSA) is 26.3 Å². The van der Waals surface area contributed by atoms with E-state index in [1.807, 2.05) is 6.07 Å². The van der Waals surface area contributed by atoms with Gasteiger partial charge in [0.15, 0.2) is 0 Å². The molecule has 0 aliphatic heterocycles. The van der Waals surface area contributed by atoms with Gasteiger partial charge >= 0.3 is 5.97 Å². The Balaban J connectivity index is 2.74. The van der Waals surface area contributed by atoms with Crippen LogP contribution in [-0.2, 0) is 4.74 Å². The summed E-state index contributed by atoms with van der Waals surface area (Å²) >= 11 is 5.40. The molecule has 3 heteroatoms. The summed E-state index contributed by atoms with van der Waals surface area (Å²) in [5.41, 5.74) is 1.41. The molecule has 2 nitrogen and oxygen atoms in total. The number of esters is 1. The molecule has 0 radical (unpaired) electrons. The lowest BCUT2D eigenvalue weighted by Crippen LogP contribution is -2.07. The van der Waals surface area contributed by atoms with E-state index >= 15 is 0 Å². The third-order valence-electron chi connectivity index (χ3n) is 1.67. The average molecular weight is 211 g/mol. The highest BCUT2D eigenvalue weighted by molar-refractivity contribution is 6.18. The first-order chi connectivity index (χ1) is 6.77. The van der Waals surface area contributed by atoms with Crippen molar-refractivity contribution in [1.29, 1.82) is 0 Å². The fraction of sp³-hybridized carbons (Fsp3) is 0.182. The van der Waals surface area contributed by atoms with Crippen LogP contribution in [0.4, 0.5) is 0 Å². The predicted molar refractivity (Wildman–Crippen MR) is 57.5 cm³/mol. The first-order valence-corrected chi connectivity index (χ1v) is 4.77. The lowest BCUT2D eigenvalue weighted by atomic mass is 10.1. The number of hydrogen-bond acceptors (Lipinski definition) is 2. The summed E-state index contributed by atoms with van der Waals surface area (Å²) in [6.07, 6.45) is 1.68. The maximum Gasteiger partial charge on any atom is 0.338 e. The molecule has 0 spiro atoms. The maximum atomic E-state index is 11.4. The number of hydrogen-bond donors (Lipinski definition) is 0. The van der Waals surface area contributed by atoms with Crippen LogP contribution in [0.2, 0.25) is 0 Å². The molecule has 0 N–H and O–H groups in total. The van der Waals surface area contributed by atoms with E-state index in [0.29, 0.717) is 11.4 Å². The maximum absolute atomic E-state index is 11.4. The van der Waals surface area contributed by atoms with E-state index in [2.05, 4.69) is 6.58 Å². The standard InChI is InChI=1S/C11H11ClO2/c1-2-9-4-3-5-10(8-9)11(13)14-7-6-12/h2-5,8H,1,6-7H2. The van der Waals surface area contributed by atoms with E-state index in [1.54, 1.807) is 24.3 Å². The minimum absolute atomic E-state index is 0.235. The minimum Gasteiger partial charge on any atom is -0.461 e. The van der Waals surface area contributed by atoms with Crippen LogP contribution in [0.1, 0.15) is 15.9 Å². The molecule has 0 unspecified atom stereocenters. The molecule has 0 bridgehead atoms. The van der Waals surface area contributed by atoms with E-state index in [1.165, 1.54) is 0 Å². The Morgan fingerprint density at radius 1 is 1.57 bits per heavy atom. The molecule has 0 heterocycles. The minimum atomic E-state index is -0.352. The fourth-order valence-corrected chi connectivity index (χ4v) is 1.08. The average Bonchev–Trinajstić information content (AvgIpc) is 2.26. The van der Waals surface area contributed by atoms with E-state index < -0.39 is 0 Å². The predicted octanol–water partition coefficient (Wildman–Crippen LogP) is 2.73. The summed E-state index contributed by atoms with van der Waals surface area (Å²) in [7, 11) is 0. The van der Waals surface area contributed by atoms with Crippen LogP contribution in [0.15, 0.2) is 30.8 Å². The lowest BCUT2D eigenvalue weighted by molar-refractivity contribution is 0.0529. The van der Waals surface area contributed by atoms with Crippen LogP contribution in [-0.4, -0.2) is 18.5 Å². The molecule has 0 fully saturated rings. The van der Waals surface area contributed by atoms with Crippen molar-refractivity contribution in [3.63, 3.8) is 0 Å². The van der Waals surface area contributed by atoms with Gasteiger partial charge in [-0.1, -0.05) is 24.8 Å². The van der Waals surface area contributed by atoms with Gasteiger partial charge in [-0.05, 0) is 17.7 Å². The zero-order chi connectivity index (χ0) is 10.4. The monoisotopic (exact) mass is 210 g/mol. The van der Waals surface area contributed by atoms with Gasteiger partial charge in [-0.25, -0.2) is 4.79 Å². The van der Waals surface area contributed by atoms with Crippen molar-refractivity contribution in [2.24, 2.45) is 0 Å². The summed E-state index contributed by atoms with van der Waals surface area (Å²) in [6.45, 7) is 3.86. The SMILES string of the molecule is C=Cc1cccc(C(=O)OCCCl)c1. The molecule has 0 atom stereocenters. The summed E-state index contributed by atoms with van der Waals surface area (Å²) in [5, 5.41) is 0. The van der Waals surface area contributed by atoms with Crippen LogP contribution in [0.3, 0.4) is 0 Å². The van der Waals surface area contributed by atoms with Crippen LogP contribution in [0.25, 0.3) is 6.08 Å². The van der Waals surface area contributed by atoms with Crippen molar-refractivity contribution >= 4 is 23.6 Å². The molecule has 0 aromatic heterocycles. The third-order valence-corrected chi connectivity index (χ3v) is 1.82. The molecule has 0 aliphatic rings. The van der Waals surface area contributed by atoms with E-state index in [4.69, 9.17) is 16.3 Å². The Morgan fingerprint density at radius 3 is 3.00 bits per heavy atom. The van der Waals surface area contributed by atoms with Crippen LogP contribution in [0, 0.1) is 0 Å². The Hall–Kier alpha value is -1.28. The summed E-state index contributed by atoms with van der Waals surface area (Å²) in [6, 6.07) is 7.08. The summed E-state index contributed by atoms with van der Waals surface area (Å²) in [4.78, 5) is 11.4. The molecule has 0 amide bonds. The molecule has 0 saturated carbocycles. The second-order valence-electron chi connectivity index (χ2n) is 2.65. The number of rotatable bonds is 4. The molecular formula is C11H11ClO2. The van der Waals surface area contributed by atoms with Gasteiger partial charge in [0.05, 0.1) is 11.4 Å². The number of ether oxygens (including phenoxy) is 1. The van der Waals surface area contributed by atoms with Gasteiger partial charge in [-0.3, -0.25) is 0 Å². The summed E-state index contributed by atoms with van der Waals surface area (Å²) in [5.74, 6) is -0.0401. The van der Waals surface area contributed by atoms with Crippen molar-refractivity contribution in [1.82, 2.24) is 0 Å². The normalized spacial score (nSPS) is 9.50. The first-order valence-electron chi connectivity index (χ1n) is 4.23. The Kier molecular flexibility index (Phi) is 4.20. The number of carbonyl (C=O) groups is 1. The van der Waals surface area contributed by atoms with Crippen molar-refractivity contribution in [2.75, 3.05) is 12.5 Å². The molecule has 1 aromatic rings. The van der Waals surface area contributed by atoms with E-state index in [9.17, 15) is 4.79 Å². The number of carbonyl (C=O) groups excluding carboxylic acids is 1. The van der Waals surface area contributed by atoms with Crippen LogP contribution >= 0.6 is 11.6 Å². The van der Waals surface area contributed by atoms with Crippen molar-refractivity contribution < 1.29 is 9.53 Å². The van der Waals surface area contributed by atoms with E-state index in [0.717, 1.165) is 5.56 Å². The van der Waals surface area contributed by atoms with Gasteiger partial charge < -0.3 is 4.74 Å². The third kappa shape index (κ3) is 2.89. The Bertz CT molecular complexity index is 334. The number of benzene rings is 1. The molecular weight excluding hydrogens is 200 g/mol. The fourth-order valence-electron chi connectivity index (χ4n) is 1.01. The van der Waals surface area contributed by atoms with Crippen LogP contribution in [0.5, 0.6) is 0 Å². The Labute approximate surface area is 88.1 Å². The first kappa shape index (κ1) is 10.8. The summed E-state index contributed by atoms with van der Waals surface area (Å²) < 4.78 is 4.87. The molecule has 14 heavy (non-hydrogen) atoms. The highest BCUT2D eigenvalue weighted by atomic mass is 35.5. The number of alkyl halides is 1. The quantitative estimate of drug-likeness (QED) is 0.564. The van der Waals surface area contributed by atoms with Gasteiger partial charge in [0.25, 0.3) is 0 Å². The lowest BCUT2D eigenvalue weighted by Gasteiger charge is -2.02. The number of halogens is 1. The van der Waals surface area contributed by atoms with Crippen molar-refractivity contribution in [3.05, 3.63) is 42.0 Å². The van der Waals surface area contributed by atoms with Gasteiger partial charge in [0.2, 0.25) is 0 Å². The second kappa shape index (κ2) is 5.45. The molecule has 74 valence electrons. The molecule has 1 aromatic carbocycles. The zero-order valence-electron chi connectivity index (χ0n) is 7.70. The van der Waals surface area contributed by atoms with Gasteiger partial charge in [-0.2, -0.15) is 0 Å². The van der Waals surface area contributed by atoms with Gasteiger partial charge in [-0.15, -0.1) is 11.6 Å². The highest BCUT2D eigenvalue weighted by Crippen LogP contribution is 2.07. The second-order valence-corrected chi connectivity index (χ2v) is 3.03. The van der Waals surface area contributed by atoms with E-state index in [-0.39, 0.29) is 12.6 Å². The molecule has 0 saturated heterocycles. The molecule has 0 aliphatic carbocycles. The largest absolute Gasteiger partial charge is 0.461 e. The zero-order valence-corrected chi connectivity index (χ0v) is 8.46. The smallest absolute Gasteiger partial charge is 0.338 e. The highest BCUT2D eigenvalue weighted by Gasteiger charge is 2.05. The van der Waals surface area contributed by atoms with Crippen LogP contribution < -0.4 is 0 Å². The van der Waals surface area contributed by atoms with Gasteiger partial charge in [0, 0.05) is 0 Å². The molecule has 1 rings (SSSR count). The van der Waals surface area contributed by atoms with Crippen molar-refractivity contribution in [3.8, 4) is 0 Å². The Morgan fingerprint density at radius 2 is 2.36 bits per heavy atom.